The van der Waals surface area contributed by atoms with Crippen LogP contribution in [0.2, 0.25) is 0 Å². The summed E-state index contributed by atoms with van der Waals surface area (Å²) in [5.74, 6) is 1.28. The van der Waals surface area contributed by atoms with Gasteiger partial charge >= 0.3 is 0 Å². The van der Waals surface area contributed by atoms with Gasteiger partial charge in [0, 0.05) is 12.1 Å². The van der Waals surface area contributed by atoms with E-state index in [0.29, 0.717) is 19.0 Å². The van der Waals surface area contributed by atoms with E-state index in [4.69, 9.17) is 4.74 Å². The van der Waals surface area contributed by atoms with Gasteiger partial charge in [0.25, 0.3) is 0 Å². The van der Waals surface area contributed by atoms with Gasteiger partial charge in [-0.1, -0.05) is 12.1 Å². The lowest BCUT2D eigenvalue weighted by atomic mass is 10.1. The molecule has 0 saturated carbocycles. The quantitative estimate of drug-likeness (QED) is 0.475. The van der Waals surface area contributed by atoms with E-state index in [1.165, 1.54) is 0 Å². The van der Waals surface area contributed by atoms with Crippen molar-refractivity contribution in [1.29, 1.82) is 0 Å². The number of amides is 1. The number of hydrogen-bond donors (Lipinski definition) is 3. The van der Waals surface area contributed by atoms with Gasteiger partial charge in [-0.15, -0.1) is 0 Å². The second kappa shape index (κ2) is 10.3. The molecule has 7 heteroatoms. The van der Waals surface area contributed by atoms with E-state index in [2.05, 4.69) is 36.9 Å². The number of aliphatic imine (C=N–C) groups is 1. The Kier molecular flexibility index (Phi) is 8.75. The smallest absolute Gasteiger partial charge is 0.242 e. The Morgan fingerprint density at radius 1 is 1.28 bits per heavy atom. The highest BCUT2D eigenvalue weighted by atomic mass is 79.9. The summed E-state index contributed by atoms with van der Waals surface area (Å²) in [6.45, 7) is 11.1. The lowest BCUT2D eigenvalue weighted by Gasteiger charge is -2.20. The van der Waals surface area contributed by atoms with Gasteiger partial charge < -0.3 is 20.7 Å². The van der Waals surface area contributed by atoms with Crippen molar-refractivity contribution in [2.45, 2.75) is 46.3 Å². The fourth-order valence-corrected chi connectivity index (χ4v) is 2.37. The van der Waals surface area contributed by atoms with E-state index in [-0.39, 0.29) is 24.1 Å². The zero-order valence-electron chi connectivity index (χ0n) is 15.6. The normalized spacial score (nSPS) is 13.1. The molecule has 0 heterocycles. The first kappa shape index (κ1) is 21.3. The Morgan fingerprint density at radius 2 is 1.96 bits per heavy atom. The molecule has 140 valence electrons. The second-order valence-electron chi connectivity index (χ2n) is 6.73. The van der Waals surface area contributed by atoms with Crippen LogP contribution >= 0.6 is 15.9 Å². The van der Waals surface area contributed by atoms with Gasteiger partial charge in [0.15, 0.2) is 5.96 Å². The number of benzene rings is 1. The highest BCUT2D eigenvalue weighted by Gasteiger charge is 2.13. The van der Waals surface area contributed by atoms with Gasteiger partial charge in [0.05, 0.1) is 11.0 Å². The van der Waals surface area contributed by atoms with Crippen molar-refractivity contribution in [3.63, 3.8) is 0 Å². The molecule has 0 aliphatic carbocycles. The number of para-hydroxylation sites is 1. The van der Waals surface area contributed by atoms with Crippen LogP contribution in [0.5, 0.6) is 5.75 Å². The molecule has 0 aliphatic rings. The third kappa shape index (κ3) is 9.34. The highest BCUT2D eigenvalue weighted by molar-refractivity contribution is 9.10. The number of carbonyl (C=O) groups excluding carboxylic acids is 1. The predicted octanol–water partition coefficient (Wildman–Crippen LogP) is 2.69. The minimum Gasteiger partial charge on any atom is -0.488 e. The molecule has 0 saturated heterocycles. The van der Waals surface area contributed by atoms with Gasteiger partial charge in [-0.3, -0.25) is 4.79 Å². The minimum atomic E-state index is -0.260. The molecule has 0 spiro atoms. The number of carbonyl (C=O) groups is 1. The Balaban J connectivity index is 2.52. The van der Waals surface area contributed by atoms with Gasteiger partial charge in [-0.05, 0) is 62.7 Å². The molecule has 1 amide bonds. The number of guanidine groups is 1. The first-order valence-corrected chi connectivity index (χ1v) is 9.25. The first-order chi connectivity index (χ1) is 11.7. The topological polar surface area (TPSA) is 74.8 Å². The molecule has 6 nitrogen and oxygen atoms in total. The van der Waals surface area contributed by atoms with Crippen LogP contribution < -0.4 is 20.7 Å². The standard InChI is InChI=1S/C18H29BrN4O2/c1-6-20-17(22-12-16(24)23-18(3,4)5)21-11-13(2)25-15-10-8-7-9-14(15)19/h7-10,13H,6,11-12H2,1-5H3,(H,23,24)(H2,20,21,22). The van der Waals surface area contributed by atoms with Crippen LogP contribution in [0.4, 0.5) is 0 Å². The van der Waals surface area contributed by atoms with Crippen molar-refractivity contribution in [2.24, 2.45) is 4.99 Å². The third-order valence-electron chi connectivity index (χ3n) is 2.96. The monoisotopic (exact) mass is 412 g/mol. The van der Waals surface area contributed by atoms with Crippen molar-refractivity contribution in [2.75, 3.05) is 19.6 Å². The Labute approximate surface area is 158 Å². The summed E-state index contributed by atoms with van der Waals surface area (Å²) < 4.78 is 6.81. The molecule has 3 N–H and O–H groups in total. The van der Waals surface area contributed by atoms with E-state index in [9.17, 15) is 4.79 Å². The Hall–Kier alpha value is -1.76. The van der Waals surface area contributed by atoms with Gasteiger partial charge in [0.1, 0.15) is 18.4 Å². The summed E-state index contributed by atoms with van der Waals surface area (Å²) in [6, 6.07) is 7.73. The number of ether oxygens (including phenoxy) is 1. The lowest BCUT2D eigenvalue weighted by Crippen LogP contribution is -2.44. The number of rotatable bonds is 7. The molecule has 1 atom stereocenters. The van der Waals surface area contributed by atoms with Crippen molar-refractivity contribution in [3.8, 4) is 5.75 Å². The maximum atomic E-state index is 11.9. The molecule has 1 rings (SSSR count). The fraction of sp³-hybridized carbons (Fsp3) is 0.556. The zero-order chi connectivity index (χ0) is 18.9. The summed E-state index contributed by atoms with van der Waals surface area (Å²) >= 11 is 3.47. The van der Waals surface area contributed by atoms with E-state index in [1.54, 1.807) is 0 Å². The Bertz CT molecular complexity index is 585. The van der Waals surface area contributed by atoms with Crippen LogP contribution in [0.3, 0.4) is 0 Å². The van der Waals surface area contributed by atoms with E-state index >= 15 is 0 Å². The van der Waals surface area contributed by atoms with Gasteiger partial charge in [-0.25, -0.2) is 4.99 Å². The average molecular weight is 413 g/mol. The van der Waals surface area contributed by atoms with Crippen molar-refractivity contribution >= 4 is 27.8 Å². The molecular weight excluding hydrogens is 384 g/mol. The van der Waals surface area contributed by atoms with Crippen molar-refractivity contribution < 1.29 is 9.53 Å². The summed E-state index contributed by atoms with van der Waals surface area (Å²) in [4.78, 5) is 16.2. The first-order valence-electron chi connectivity index (χ1n) is 8.45. The summed E-state index contributed by atoms with van der Waals surface area (Å²) in [7, 11) is 0. The van der Waals surface area contributed by atoms with Crippen LogP contribution in [0.25, 0.3) is 0 Å². The molecular formula is C18H29BrN4O2. The summed E-state index contributed by atoms with van der Waals surface area (Å²) in [6.07, 6.45) is -0.0639. The molecule has 1 aromatic carbocycles. The van der Waals surface area contributed by atoms with Crippen molar-refractivity contribution in [3.05, 3.63) is 28.7 Å². The molecule has 1 unspecified atom stereocenters. The molecule has 25 heavy (non-hydrogen) atoms. The summed E-state index contributed by atoms with van der Waals surface area (Å²) in [5.41, 5.74) is -0.260. The molecule has 0 aromatic heterocycles. The van der Waals surface area contributed by atoms with Crippen LogP contribution in [0.1, 0.15) is 34.6 Å². The fourth-order valence-electron chi connectivity index (χ4n) is 1.99. The Morgan fingerprint density at radius 3 is 2.56 bits per heavy atom. The van der Waals surface area contributed by atoms with Crippen LogP contribution in [-0.2, 0) is 4.79 Å². The maximum absolute atomic E-state index is 11.9. The molecule has 0 fully saturated rings. The lowest BCUT2D eigenvalue weighted by molar-refractivity contribution is -0.121. The third-order valence-corrected chi connectivity index (χ3v) is 3.62. The minimum absolute atomic E-state index is 0.0639. The van der Waals surface area contributed by atoms with E-state index in [0.717, 1.165) is 10.2 Å². The number of hydrogen-bond acceptors (Lipinski definition) is 3. The maximum Gasteiger partial charge on any atom is 0.242 e. The van der Waals surface area contributed by atoms with Crippen LogP contribution in [0.15, 0.2) is 33.7 Å². The van der Waals surface area contributed by atoms with Gasteiger partial charge in [0.2, 0.25) is 5.91 Å². The van der Waals surface area contributed by atoms with Crippen molar-refractivity contribution in [1.82, 2.24) is 16.0 Å². The molecule has 0 aliphatic heterocycles. The SMILES string of the molecule is CCNC(=NCC(=O)NC(C)(C)C)NCC(C)Oc1ccccc1Br. The average Bonchev–Trinajstić information content (AvgIpc) is 2.50. The van der Waals surface area contributed by atoms with Crippen LogP contribution in [0, 0.1) is 0 Å². The largest absolute Gasteiger partial charge is 0.488 e. The molecule has 1 aromatic rings. The van der Waals surface area contributed by atoms with E-state index < -0.39 is 0 Å². The zero-order valence-corrected chi connectivity index (χ0v) is 17.2. The second-order valence-corrected chi connectivity index (χ2v) is 7.59. The number of halogens is 1. The molecule has 0 radical (unpaired) electrons. The predicted molar refractivity (Wildman–Crippen MR) is 106 cm³/mol. The van der Waals surface area contributed by atoms with E-state index in [1.807, 2.05) is 58.9 Å². The molecule has 0 bridgehead atoms. The highest BCUT2D eigenvalue weighted by Crippen LogP contribution is 2.24. The van der Waals surface area contributed by atoms with Crippen LogP contribution in [-0.4, -0.2) is 43.1 Å². The number of nitrogens with one attached hydrogen (secondary N) is 3. The summed E-state index contributed by atoms with van der Waals surface area (Å²) in [5, 5.41) is 9.21. The number of nitrogens with zero attached hydrogens (tertiary/aromatic N) is 1. The van der Waals surface area contributed by atoms with Gasteiger partial charge in [-0.2, -0.15) is 0 Å².